The van der Waals surface area contributed by atoms with Crippen LogP contribution in [-0.4, -0.2) is 53.0 Å². The van der Waals surface area contributed by atoms with E-state index in [1.807, 2.05) is 33.3 Å². The first-order chi connectivity index (χ1) is 9.90. The van der Waals surface area contributed by atoms with Crippen LogP contribution in [0.25, 0.3) is 0 Å². The van der Waals surface area contributed by atoms with Crippen molar-refractivity contribution >= 4 is 6.09 Å². The molecular weight excluding hydrogens is 270 g/mol. The predicted octanol–water partition coefficient (Wildman–Crippen LogP) is 2.25. The Labute approximate surface area is 126 Å². The van der Waals surface area contributed by atoms with Gasteiger partial charge in [-0.1, -0.05) is 0 Å². The Morgan fingerprint density at radius 2 is 2.14 bits per heavy atom. The van der Waals surface area contributed by atoms with Crippen molar-refractivity contribution in [3.05, 3.63) is 18.2 Å². The number of imidazole rings is 1. The monoisotopic (exact) mass is 295 g/mol. The fourth-order valence-corrected chi connectivity index (χ4v) is 2.38. The van der Waals surface area contributed by atoms with Crippen LogP contribution in [0.1, 0.15) is 38.8 Å². The number of methoxy groups -OCH3 is 1. The minimum atomic E-state index is -0.440. The average Bonchev–Trinajstić information content (AvgIpc) is 2.73. The molecule has 1 aromatic heterocycles. The zero-order chi connectivity index (χ0) is 15.5. The van der Waals surface area contributed by atoms with E-state index < -0.39 is 5.60 Å². The van der Waals surface area contributed by atoms with Gasteiger partial charge in [0.1, 0.15) is 5.60 Å². The van der Waals surface area contributed by atoms with Crippen LogP contribution in [0.4, 0.5) is 4.79 Å². The average molecular weight is 295 g/mol. The second-order valence-electron chi connectivity index (χ2n) is 6.44. The Morgan fingerprint density at radius 3 is 2.76 bits per heavy atom. The number of carbonyl (C=O) groups is 1. The first-order valence-electron chi connectivity index (χ1n) is 7.37. The molecule has 118 valence electrons. The first-order valence-corrected chi connectivity index (χ1v) is 7.37. The van der Waals surface area contributed by atoms with Crippen molar-refractivity contribution < 1.29 is 14.3 Å². The highest BCUT2D eigenvalue weighted by molar-refractivity contribution is 5.69. The number of aromatic nitrogens is 2. The highest BCUT2D eigenvalue weighted by Crippen LogP contribution is 2.28. The van der Waals surface area contributed by atoms with E-state index in [4.69, 9.17) is 9.47 Å². The molecule has 0 spiro atoms. The van der Waals surface area contributed by atoms with E-state index in [-0.39, 0.29) is 6.09 Å². The molecule has 1 aliphatic rings. The highest BCUT2D eigenvalue weighted by Gasteiger charge is 2.35. The second-order valence-corrected chi connectivity index (χ2v) is 6.44. The molecule has 0 radical (unpaired) electrons. The predicted molar refractivity (Wildman–Crippen MR) is 79.3 cm³/mol. The molecule has 21 heavy (non-hydrogen) atoms. The highest BCUT2D eigenvalue weighted by atomic mass is 16.6. The van der Waals surface area contributed by atoms with Crippen molar-refractivity contribution in [3.63, 3.8) is 0 Å². The smallest absolute Gasteiger partial charge is 0.410 e. The lowest BCUT2D eigenvalue weighted by Crippen LogP contribution is -2.50. The SMILES string of the molecule is COCCCn1cncc1C1CN(C(=O)OC(C)(C)C)C1. The third-order valence-electron chi connectivity index (χ3n) is 3.44. The molecule has 1 fully saturated rings. The maximum Gasteiger partial charge on any atom is 0.410 e. The fourth-order valence-electron chi connectivity index (χ4n) is 2.38. The molecular formula is C15H25N3O3. The summed E-state index contributed by atoms with van der Waals surface area (Å²) in [6.07, 6.45) is 4.47. The molecule has 6 nitrogen and oxygen atoms in total. The van der Waals surface area contributed by atoms with E-state index in [0.717, 1.165) is 19.6 Å². The van der Waals surface area contributed by atoms with E-state index in [2.05, 4.69) is 9.55 Å². The molecule has 0 aromatic carbocycles. The molecule has 6 heteroatoms. The van der Waals surface area contributed by atoms with Crippen LogP contribution in [0, 0.1) is 0 Å². The van der Waals surface area contributed by atoms with Crippen LogP contribution in [0.15, 0.2) is 12.5 Å². The zero-order valence-electron chi connectivity index (χ0n) is 13.3. The number of ether oxygens (including phenoxy) is 2. The summed E-state index contributed by atoms with van der Waals surface area (Å²) in [5, 5.41) is 0. The topological polar surface area (TPSA) is 56.6 Å². The lowest BCUT2D eigenvalue weighted by Gasteiger charge is -2.39. The summed E-state index contributed by atoms with van der Waals surface area (Å²) in [5.74, 6) is 0.350. The van der Waals surface area contributed by atoms with Gasteiger partial charge in [-0.2, -0.15) is 0 Å². The van der Waals surface area contributed by atoms with Crippen molar-refractivity contribution in [2.45, 2.75) is 45.3 Å². The van der Waals surface area contributed by atoms with E-state index >= 15 is 0 Å². The fraction of sp³-hybridized carbons (Fsp3) is 0.733. The molecule has 0 N–H and O–H groups in total. The van der Waals surface area contributed by atoms with Crippen molar-refractivity contribution in [1.82, 2.24) is 14.5 Å². The summed E-state index contributed by atoms with van der Waals surface area (Å²) in [4.78, 5) is 17.9. The van der Waals surface area contributed by atoms with Crippen LogP contribution >= 0.6 is 0 Å². The maximum atomic E-state index is 11.9. The number of amides is 1. The number of carbonyl (C=O) groups excluding carboxylic acids is 1. The van der Waals surface area contributed by atoms with Crippen LogP contribution < -0.4 is 0 Å². The zero-order valence-corrected chi connectivity index (χ0v) is 13.3. The minimum absolute atomic E-state index is 0.232. The van der Waals surface area contributed by atoms with E-state index in [1.165, 1.54) is 5.69 Å². The second kappa shape index (κ2) is 6.47. The number of likely N-dealkylation sites (tertiary alicyclic amines) is 1. The molecule has 0 saturated carbocycles. The Balaban J connectivity index is 1.84. The van der Waals surface area contributed by atoms with Gasteiger partial charge in [0.15, 0.2) is 0 Å². The molecule has 0 unspecified atom stereocenters. The number of nitrogens with zero attached hydrogens (tertiary/aromatic N) is 3. The van der Waals surface area contributed by atoms with Crippen molar-refractivity contribution in [2.24, 2.45) is 0 Å². The number of rotatable bonds is 5. The summed E-state index contributed by atoms with van der Waals surface area (Å²) in [5.41, 5.74) is 0.746. The first kappa shape index (κ1) is 15.8. The van der Waals surface area contributed by atoms with E-state index in [1.54, 1.807) is 12.0 Å². The molecule has 2 rings (SSSR count). The van der Waals surface area contributed by atoms with Crippen LogP contribution in [-0.2, 0) is 16.0 Å². The van der Waals surface area contributed by atoms with Gasteiger partial charge in [0.2, 0.25) is 0 Å². The molecule has 0 bridgehead atoms. The minimum Gasteiger partial charge on any atom is -0.444 e. The quantitative estimate of drug-likeness (QED) is 0.782. The Hall–Kier alpha value is -1.56. The Kier molecular flexibility index (Phi) is 4.88. The summed E-state index contributed by atoms with van der Waals surface area (Å²) < 4.78 is 12.6. The number of hydrogen-bond acceptors (Lipinski definition) is 4. The van der Waals surface area contributed by atoms with Gasteiger partial charge in [-0.15, -0.1) is 0 Å². The molecule has 0 atom stereocenters. The van der Waals surface area contributed by atoms with Crippen molar-refractivity contribution in [3.8, 4) is 0 Å². The van der Waals surface area contributed by atoms with Gasteiger partial charge < -0.3 is 18.9 Å². The maximum absolute atomic E-state index is 11.9. The van der Waals surface area contributed by atoms with Crippen LogP contribution in [0.3, 0.4) is 0 Å². The van der Waals surface area contributed by atoms with E-state index in [0.29, 0.717) is 19.0 Å². The van der Waals surface area contributed by atoms with Crippen LogP contribution in [0.2, 0.25) is 0 Å². The van der Waals surface area contributed by atoms with Crippen LogP contribution in [0.5, 0.6) is 0 Å². The largest absolute Gasteiger partial charge is 0.444 e. The summed E-state index contributed by atoms with van der Waals surface area (Å²) in [7, 11) is 1.71. The van der Waals surface area contributed by atoms with Crippen molar-refractivity contribution in [1.29, 1.82) is 0 Å². The van der Waals surface area contributed by atoms with Gasteiger partial charge in [-0.3, -0.25) is 0 Å². The molecule has 2 heterocycles. The number of hydrogen-bond donors (Lipinski definition) is 0. The molecule has 1 saturated heterocycles. The Morgan fingerprint density at radius 1 is 1.43 bits per heavy atom. The van der Waals surface area contributed by atoms with Gasteiger partial charge in [0.05, 0.1) is 6.33 Å². The third kappa shape index (κ3) is 4.20. The lowest BCUT2D eigenvalue weighted by atomic mass is 9.97. The van der Waals surface area contributed by atoms with Gasteiger partial charge in [0, 0.05) is 51.2 Å². The molecule has 1 aromatic rings. The summed E-state index contributed by atoms with van der Waals surface area (Å²) in [6.45, 7) is 8.68. The van der Waals surface area contributed by atoms with E-state index in [9.17, 15) is 4.79 Å². The molecule has 1 amide bonds. The van der Waals surface area contributed by atoms with Gasteiger partial charge >= 0.3 is 6.09 Å². The Bertz CT molecular complexity index is 473. The normalized spacial score (nSPS) is 15.9. The van der Waals surface area contributed by atoms with Gasteiger partial charge in [-0.25, -0.2) is 9.78 Å². The standard InChI is InChI=1S/C15H25N3O3/c1-15(2,3)21-14(19)18-9-12(10-18)13-8-16-11-17(13)6-5-7-20-4/h8,11-12H,5-7,9-10H2,1-4H3. The lowest BCUT2D eigenvalue weighted by molar-refractivity contribution is 0.00757. The summed E-state index contributed by atoms with van der Waals surface area (Å²) in [6, 6.07) is 0. The molecule has 0 aliphatic carbocycles. The van der Waals surface area contributed by atoms with Gasteiger partial charge in [-0.05, 0) is 27.2 Å². The third-order valence-corrected chi connectivity index (χ3v) is 3.44. The number of aryl methyl sites for hydroxylation is 1. The summed E-state index contributed by atoms with van der Waals surface area (Å²) >= 11 is 0. The van der Waals surface area contributed by atoms with Crippen molar-refractivity contribution in [2.75, 3.05) is 26.8 Å². The van der Waals surface area contributed by atoms with Gasteiger partial charge in [0.25, 0.3) is 0 Å². The molecule has 1 aliphatic heterocycles.